The van der Waals surface area contributed by atoms with Gasteiger partial charge >= 0.3 is 0 Å². The van der Waals surface area contributed by atoms with Crippen LogP contribution in [0.2, 0.25) is 0 Å². The predicted molar refractivity (Wildman–Crippen MR) is 118 cm³/mol. The highest BCUT2D eigenvalue weighted by Crippen LogP contribution is 2.41. The summed E-state index contributed by atoms with van der Waals surface area (Å²) in [5, 5.41) is 12.5. The minimum Gasteiger partial charge on any atom is -0.497 e. The van der Waals surface area contributed by atoms with Gasteiger partial charge < -0.3 is 14.8 Å². The van der Waals surface area contributed by atoms with Gasteiger partial charge in [-0.3, -0.25) is 14.3 Å². The molecule has 1 aromatic carbocycles. The van der Waals surface area contributed by atoms with E-state index in [1.165, 1.54) is 11.8 Å². The number of methoxy groups -OCH3 is 2. The summed E-state index contributed by atoms with van der Waals surface area (Å²) in [5.41, 5.74) is 1.79. The summed E-state index contributed by atoms with van der Waals surface area (Å²) in [4.78, 5) is 16.8. The number of pyridine rings is 1. The second-order valence-electron chi connectivity index (χ2n) is 7.33. The third-order valence-electron chi connectivity index (χ3n) is 5.11. The van der Waals surface area contributed by atoms with Crippen LogP contribution in [0.5, 0.6) is 11.5 Å². The SMILES string of the molecule is COc1ccc(OC)c(C(C)NC(=O)CSc2nnc(-c3cccnc3)n2C2CC2)c1. The number of nitrogens with zero attached hydrogens (tertiary/aromatic N) is 4. The van der Waals surface area contributed by atoms with Gasteiger partial charge in [0.25, 0.3) is 0 Å². The molecule has 1 atom stereocenters. The zero-order valence-electron chi connectivity index (χ0n) is 17.7. The van der Waals surface area contributed by atoms with E-state index >= 15 is 0 Å². The van der Waals surface area contributed by atoms with Crippen molar-refractivity contribution in [3.05, 3.63) is 48.3 Å². The fourth-order valence-corrected chi connectivity index (χ4v) is 4.21. The average Bonchev–Trinajstić information content (AvgIpc) is 3.56. The van der Waals surface area contributed by atoms with Gasteiger partial charge in [-0.05, 0) is 50.1 Å². The largest absolute Gasteiger partial charge is 0.497 e. The van der Waals surface area contributed by atoms with Crippen molar-refractivity contribution in [3.8, 4) is 22.9 Å². The molecule has 31 heavy (non-hydrogen) atoms. The van der Waals surface area contributed by atoms with E-state index in [-0.39, 0.29) is 17.7 Å². The summed E-state index contributed by atoms with van der Waals surface area (Å²) >= 11 is 1.39. The van der Waals surface area contributed by atoms with E-state index in [4.69, 9.17) is 9.47 Å². The summed E-state index contributed by atoms with van der Waals surface area (Å²) in [6.07, 6.45) is 5.71. The van der Waals surface area contributed by atoms with Gasteiger partial charge in [-0.25, -0.2) is 0 Å². The van der Waals surface area contributed by atoms with Crippen molar-refractivity contribution in [3.63, 3.8) is 0 Å². The highest BCUT2D eigenvalue weighted by molar-refractivity contribution is 7.99. The molecule has 1 fully saturated rings. The molecule has 0 spiro atoms. The third-order valence-corrected chi connectivity index (χ3v) is 6.05. The first-order chi connectivity index (χ1) is 15.1. The Bertz CT molecular complexity index is 1050. The van der Waals surface area contributed by atoms with Crippen LogP contribution in [0.25, 0.3) is 11.4 Å². The van der Waals surface area contributed by atoms with Gasteiger partial charge in [0.15, 0.2) is 11.0 Å². The highest BCUT2D eigenvalue weighted by atomic mass is 32.2. The van der Waals surface area contributed by atoms with Crippen LogP contribution in [0, 0.1) is 0 Å². The van der Waals surface area contributed by atoms with E-state index in [2.05, 4.69) is 25.1 Å². The summed E-state index contributed by atoms with van der Waals surface area (Å²) < 4.78 is 12.9. The van der Waals surface area contributed by atoms with E-state index in [0.29, 0.717) is 17.5 Å². The molecule has 2 aromatic heterocycles. The number of hydrogen-bond acceptors (Lipinski definition) is 7. The lowest BCUT2D eigenvalue weighted by Gasteiger charge is -2.18. The highest BCUT2D eigenvalue weighted by Gasteiger charge is 2.30. The number of ether oxygens (including phenoxy) is 2. The molecule has 1 unspecified atom stereocenters. The number of rotatable bonds is 9. The van der Waals surface area contributed by atoms with E-state index < -0.39 is 0 Å². The number of carbonyl (C=O) groups is 1. The summed E-state index contributed by atoms with van der Waals surface area (Å²) in [7, 11) is 3.22. The van der Waals surface area contributed by atoms with Crippen LogP contribution < -0.4 is 14.8 Å². The molecule has 0 saturated heterocycles. The fraction of sp³-hybridized carbons (Fsp3) is 0.364. The predicted octanol–water partition coefficient (Wildman–Crippen LogP) is 3.66. The normalized spacial score (nSPS) is 14.2. The van der Waals surface area contributed by atoms with Crippen LogP contribution in [-0.4, -0.2) is 45.6 Å². The Balaban J connectivity index is 1.43. The Hall–Kier alpha value is -3.07. The van der Waals surface area contributed by atoms with Crippen LogP contribution in [0.4, 0.5) is 0 Å². The molecule has 2 heterocycles. The van der Waals surface area contributed by atoms with E-state index in [1.807, 2.05) is 37.3 Å². The zero-order valence-corrected chi connectivity index (χ0v) is 18.6. The number of nitrogens with one attached hydrogen (secondary N) is 1. The van der Waals surface area contributed by atoms with Crippen molar-refractivity contribution in [1.29, 1.82) is 0 Å². The molecule has 0 aliphatic heterocycles. The van der Waals surface area contributed by atoms with Crippen molar-refractivity contribution in [1.82, 2.24) is 25.1 Å². The molecule has 1 aliphatic rings. The van der Waals surface area contributed by atoms with Crippen LogP contribution >= 0.6 is 11.8 Å². The maximum absolute atomic E-state index is 12.7. The molecule has 162 valence electrons. The van der Waals surface area contributed by atoms with E-state index in [0.717, 1.165) is 34.9 Å². The molecule has 1 amide bonds. The molecule has 1 saturated carbocycles. The van der Waals surface area contributed by atoms with Gasteiger partial charge in [0.05, 0.1) is 26.0 Å². The van der Waals surface area contributed by atoms with E-state index in [9.17, 15) is 4.79 Å². The third kappa shape index (κ3) is 4.82. The monoisotopic (exact) mass is 439 g/mol. The molecule has 9 heteroatoms. The molecule has 8 nitrogen and oxygen atoms in total. The Morgan fingerprint density at radius 2 is 2.10 bits per heavy atom. The molecular formula is C22H25N5O3S. The van der Waals surface area contributed by atoms with Gasteiger partial charge in [-0.2, -0.15) is 0 Å². The summed E-state index contributed by atoms with van der Waals surface area (Å²) in [6.45, 7) is 1.92. The number of thioether (sulfide) groups is 1. The Kier molecular flexibility index (Phi) is 6.41. The minimum atomic E-state index is -0.231. The van der Waals surface area contributed by atoms with Crippen molar-refractivity contribution in [2.24, 2.45) is 0 Å². The van der Waals surface area contributed by atoms with E-state index in [1.54, 1.807) is 26.6 Å². The zero-order chi connectivity index (χ0) is 21.8. The minimum absolute atomic E-state index is 0.0874. The lowest BCUT2D eigenvalue weighted by molar-refractivity contribution is -0.119. The number of carbonyl (C=O) groups excluding carboxylic acids is 1. The molecule has 4 rings (SSSR count). The second kappa shape index (κ2) is 9.38. The molecule has 0 bridgehead atoms. The first kappa shape index (κ1) is 21.2. The Morgan fingerprint density at radius 1 is 1.26 bits per heavy atom. The van der Waals surface area contributed by atoms with Gasteiger partial charge in [0, 0.05) is 29.6 Å². The lowest BCUT2D eigenvalue weighted by atomic mass is 10.1. The topological polar surface area (TPSA) is 91.2 Å². The van der Waals surface area contributed by atoms with Crippen molar-refractivity contribution >= 4 is 17.7 Å². The van der Waals surface area contributed by atoms with Crippen LogP contribution in [0.1, 0.15) is 37.4 Å². The molecule has 1 aliphatic carbocycles. The van der Waals surface area contributed by atoms with Gasteiger partial charge in [0.1, 0.15) is 11.5 Å². The lowest BCUT2D eigenvalue weighted by Crippen LogP contribution is -2.28. The molecular weight excluding hydrogens is 414 g/mol. The second-order valence-corrected chi connectivity index (χ2v) is 8.28. The average molecular weight is 440 g/mol. The maximum Gasteiger partial charge on any atom is 0.230 e. The fourth-order valence-electron chi connectivity index (χ4n) is 3.40. The number of hydrogen-bond donors (Lipinski definition) is 1. The van der Waals surface area contributed by atoms with Crippen LogP contribution in [-0.2, 0) is 4.79 Å². The van der Waals surface area contributed by atoms with Gasteiger partial charge in [-0.1, -0.05) is 11.8 Å². The number of benzene rings is 1. The summed E-state index contributed by atoms with van der Waals surface area (Å²) in [5.74, 6) is 2.38. The molecule has 0 radical (unpaired) electrons. The van der Waals surface area contributed by atoms with Crippen molar-refractivity contribution < 1.29 is 14.3 Å². The number of aromatic nitrogens is 4. The maximum atomic E-state index is 12.7. The Morgan fingerprint density at radius 3 is 2.77 bits per heavy atom. The first-order valence-corrected chi connectivity index (χ1v) is 11.1. The van der Waals surface area contributed by atoms with Crippen molar-refractivity contribution in [2.75, 3.05) is 20.0 Å². The number of amides is 1. The molecule has 1 N–H and O–H groups in total. The smallest absolute Gasteiger partial charge is 0.230 e. The quantitative estimate of drug-likeness (QED) is 0.509. The van der Waals surface area contributed by atoms with Gasteiger partial charge in [-0.15, -0.1) is 10.2 Å². The van der Waals surface area contributed by atoms with Crippen LogP contribution in [0.15, 0.2) is 47.9 Å². The standard InChI is InChI=1S/C22H25N5O3S/c1-14(18-11-17(29-2)8-9-19(18)30-3)24-20(28)13-31-22-26-25-21(27(22)16-6-7-16)15-5-4-10-23-12-15/h4-5,8-12,14,16H,6-7,13H2,1-3H3,(H,24,28). The first-order valence-electron chi connectivity index (χ1n) is 10.1. The Labute approximate surface area is 185 Å². The van der Waals surface area contributed by atoms with Crippen molar-refractivity contribution in [2.45, 2.75) is 37.0 Å². The van der Waals surface area contributed by atoms with Crippen LogP contribution in [0.3, 0.4) is 0 Å². The molecule has 3 aromatic rings. The van der Waals surface area contributed by atoms with Gasteiger partial charge in [0.2, 0.25) is 5.91 Å². The summed E-state index contributed by atoms with van der Waals surface area (Å²) in [6, 6.07) is 9.55.